The number of hydrogen-bond acceptors (Lipinski definition) is 4. The maximum absolute atomic E-state index is 8.83. The van der Waals surface area contributed by atoms with E-state index in [1.165, 1.54) is 0 Å². The number of aryl methyl sites for hydroxylation is 1. The number of nitrogen functional groups attached to an aromatic ring is 1. The van der Waals surface area contributed by atoms with Crippen molar-refractivity contribution >= 4 is 11.4 Å². The molecular formula is C16H18N4. The van der Waals surface area contributed by atoms with E-state index in [1.54, 1.807) is 6.20 Å². The predicted molar refractivity (Wildman–Crippen MR) is 81.1 cm³/mol. The van der Waals surface area contributed by atoms with Gasteiger partial charge >= 0.3 is 0 Å². The van der Waals surface area contributed by atoms with Crippen LogP contribution in [0.15, 0.2) is 42.7 Å². The van der Waals surface area contributed by atoms with Gasteiger partial charge in [0, 0.05) is 36.9 Å². The van der Waals surface area contributed by atoms with Gasteiger partial charge in [-0.3, -0.25) is 4.98 Å². The second kappa shape index (κ2) is 6.58. The smallest absolute Gasteiger partial charge is 0.0640 e. The van der Waals surface area contributed by atoms with Crippen molar-refractivity contribution in [2.75, 3.05) is 17.2 Å². The van der Waals surface area contributed by atoms with Crippen LogP contribution in [0.25, 0.3) is 0 Å². The maximum Gasteiger partial charge on any atom is 0.0640 e. The first-order chi connectivity index (χ1) is 9.70. The van der Waals surface area contributed by atoms with E-state index < -0.39 is 0 Å². The third-order valence-electron chi connectivity index (χ3n) is 3.15. The van der Waals surface area contributed by atoms with Gasteiger partial charge in [-0.25, -0.2) is 0 Å². The molecule has 1 heterocycles. The standard InChI is InChI=1S/C16H18N4/c1-13-10-15(18)5-6-16(13)20(9-3-7-17)12-14-4-2-8-19-11-14/h2,4-6,8,10-11H,3,9,12,18H2,1H3. The van der Waals surface area contributed by atoms with Crippen LogP contribution in [-0.2, 0) is 6.54 Å². The second-order valence-corrected chi connectivity index (χ2v) is 4.74. The molecule has 0 saturated heterocycles. The van der Waals surface area contributed by atoms with Gasteiger partial charge in [-0.2, -0.15) is 5.26 Å². The lowest BCUT2D eigenvalue weighted by Gasteiger charge is -2.25. The molecule has 0 fully saturated rings. The zero-order valence-electron chi connectivity index (χ0n) is 11.6. The Kier molecular flexibility index (Phi) is 4.56. The van der Waals surface area contributed by atoms with Crippen LogP contribution in [-0.4, -0.2) is 11.5 Å². The Morgan fingerprint density at radius 1 is 1.35 bits per heavy atom. The average Bonchev–Trinajstić information content (AvgIpc) is 2.45. The summed E-state index contributed by atoms with van der Waals surface area (Å²) >= 11 is 0. The largest absolute Gasteiger partial charge is 0.399 e. The van der Waals surface area contributed by atoms with E-state index in [9.17, 15) is 0 Å². The van der Waals surface area contributed by atoms with Gasteiger partial charge in [0.15, 0.2) is 0 Å². The lowest BCUT2D eigenvalue weighted by atomic mass is 10.1. The van der Waals surface area contributed by atoms with Crippen molar-refractivity contribution < 1.29 is 0 Å². The average molecular weight is 266 g/mol. The van der Waals surface area contributed by atoms with Crippen molar-refractivity contribution in [3.8, 4) is 6.07 Å². The Balaban J connectivity index is 2.25. The number of anilines is 2. The number of hydrogen-bond donors (Lipinski definition) is 1. The van der Waals surface area contributed by atoms with Crippen molar-refractivity contribution in [3.05, 3.63) is 53.9 Å². The van der Waals surface area contributed by atoms with Crippen LogP contribution in [0.5, 0.6) is 0 Å². The monoisotopic (exact) mass is 266 g/mol. The van der Waals surface area contributed by atoms with Crippen LogP contribution in [0, 0.1) is 18.3 Å². The molecule has 0 aliphatic heterocycles. The van der Waals surface area contributed by atoms with Gasteiger partial charge in [0.2, 0.25) is 0 Å². The summed E-state index contributed by atoms with van der Waals surface area (Å²) < 4.78 is 0. The number of nitrogens with two attached hydrogens (primary N) is 1. The highest BCUT2D eigenvalue weighted by Gasteiger charge is 2.10. The van der Waals surface area contributed by atoms with E-state index in [-0.39, 0.29) is 0 Å². The SMILES string of the molecule is Cc1cc(N)ccc1N(CCC#N)Cc1cccnc1. The van der Waals surface area contributed by atoms with Crippen LogP contribution in [0.2, 0.25) is 0 Å². The Hall–Kier alpha value is -2.54. The molecular weight excluding hydrogens is 248 g/mol. The molecule has 0 bridgehead atoms. The van der Waals surface area contributed by atoms with Crippen molar-refractivity contribution in [2.24, 2.45) is 0 Å². The highest BCUT2D eigenvalue weighted by molar-refractivity contribution is 5.59. The fourth-order valence-electron chi connectivity index (χ4n) is 2.22. The molecule has 0 unspecified atom stereocenters. The van der Waals surface area contributed by atoms with Gasteiger partial charge in [0.05, 0.1) is 12.5 Å². The van der Waals surface area contributed by atoms with E-state index in [0.29, 0.717) is 13.0 Å². The summed E-state index contributed by atoms with van der Waals surface area (Å²) in [6, 6.07) is 12.0. The minimum Gasteiger partial charge on any atom is -0.399 e. The van der Waals surface area contributed by atoms with Crippen LogP contribution in [0.1, 0.15) is 17.5 Å². The molecule has 2 rings (SSSR count). The van der Waals surface area contributed by atoms with Crippen LogP contribution < -0.4 is 10.6 Å². The molecule has 1 aromatic carbocycles. The predicted octanol–water partition coefficient (Wildman–Crippen LogP) is 2.89. The Labute approximate surface area is 119 Å². The quantitative estimate of drug-likeness (QED) is 0.845. The Bertz CT molecular complexity index is 602. The zero-order chi connectivity index (χ0) is 14.4. The number of rotatable bonds is 5. The molecule has 0 spiro atoms. The van der Waals surface area contributed by atoms with Crippen molar-refractivity contribution in [1.29, 1.82) is 5.26 Å². The molecule has 2 aromatic rings. The molecule has 0 radical (unpaired) electrons. The lowest BCUT2D eigenvalue weighted by molar-refractivity contribution is 0.792. The molecule has 0 saturated carbocycles. The molecule has 0 aliphatic rings. The fourth-order valence-corrected chi connectivity index (χ4v) is 2.22. The van der Waals surface area contributed by atoms with Crippen molar-refractivity contribution in [2.45, 2.75) is 19.9 Å². The molecule has 102 valence electrons. The van der Waals surface area contributed by atoms with Gasteiger partial charge in [-0.1, -0.05) is 6.07 Å². The van der Waals surface area contributed by atoms with E-state index in [1.807, 2.05) is 43.5 Å². The van der Waals surface area contributed by atoms with Gasteiger partial charge in [0.1, 0.15) is 0 Å². The van der Waals surface area contributed by atoms with Gasteiger partial charge < -0.3 is 10.6 Å². The second-order valence-electron chi connectivity index (χ2n) is 4.74. The summed E-state index contributed by atoms with van der Waals surface area (Å²) in [6.07, 6.45) is 4.10. The summed E-state index contributed by atoms with van der Waals surface area (Å²) in [5.41, 5.74) is 9.91. The summed E-state index contributed by atoms with van der Waals surface area (Å²) in [5.74, 6) is 0. The third-order valence-corrected chi connectivity index (χ3v) is 3.15. The van der Waals surface area contributed by atoms with E-state index in [2.05, 4.69) is 16.0 Å². The van der Waals surface area contributed by atoms with Gasteiger partial charge in [-0.15, -0.1) is 0 Å². The zero-order valence-corrected chi connectivity index (χ0v) is 11.6. The summed E-state index contributed by atoms with van der Waals surface area (Å²) in [4.78, 5) is 6.33. The first kappa shape index (κ1) is 13.9. The van der Waals surface area contributed by atoms with Crippen LogP contribution in [0.4, 0.5) is 11.4 Å². The summed E-state index contributed by atoms with van der Waals surface area (Å²) in [5, 5.41) is 8.83. The van der Waals surface area contributed by atoms with E-state index in [4.69, 9.17) is 11.0 Å². The molecule has 4 heteroatoms. The fraction of sp³-hybridized carbons (Fsp3) is 0.250. The van der Waals surface area contributed by atoms with Gasteiger partial charge in [0.25, 0.3) is 0 Å². The molecule has 1 aromatic heterocycles. The Morgan fingerprint density at radius 3 is 2.85 bits per heavy atom. The van der Waals surface area contributed by atoms with Crippen molar-refractivity contribution in [1.82, 2.24) is 4.98 Å². The first-order valence-electron chi connectivity index (χ1n) is 6.57. The number of nitrogens with zero attached hydrogens (tertiary/aromatic N) is 3. The molecule has 0 aliphatic carbocycles. The summed E-state index contributed by atoms with van der Waals surface area (Å²) in [6.45, 7) is 3.46. The lowest BCUT2D eigenvalue weighted by Crippen LogP contribution is -2.24. The highest BCUT2D eigenvalue weighted by Crippen LogP contribution is 2.24. The van der Waals surface area contributed by atoms with Crippen LogP contribution >= 0.6 is 0 Å². The van der Waals surface area contributed by atoms with Gasteiger partial charge in [-0.05, 0) is 42.3 Å². The number of nitriles is 1. The minimum absolute atomic E-state index is 0.490. The van der Waals surface area contributed by atoms with E-state index in [0.717, 1.165) is 29.0 Å². The maximum atomic E-state index is 8.83. The molecule has 2 N–H and O–H groups in total. The molecule has 0 atom stereocenters. The third kappa shape index (κ3) is 3.48. The molecule has 4 nitrogen and oxygen atoms in total. The molecule has 20 heavy (non-hydrogen) atoms. The van der Waals surface area contributed by atoms with E-state index >= 15 is 0 Å². The number of pyridine rings is 1. The molecule has 0 amide bonds. The minimum atomic E-state index is 0.490. The number of aromatic nitrogens is 1. The summed E-state index contributed by atoms with van der Waals surface area (Å²) in [7, 11) is 0. The topological polar surface area (TPSA) is 65.9 Å². The Morgan fingerprint density at radius 2 is 2.20 bits per heavy atom. The number of benzene rings is 1. The highest BCUT2D eigenvalue weighted by atomic mass is 15.1. The van der Waals surface area contributed by atoms with Crippen molar-refractivity contribution in [3.63, 3.8) is 0 Å². The normalized spacial score (nSPS) is 10.0. The van der Waals surface area contributed by atoms with Crippen LogP contribution in [0.3, 0.4) is 0 Å². The first-order valence-corrected chi connectivity index (χ1v) is 6.57.